The van der Waals surface area contributed by atoms with Gasteiger partial charge in [0.15, 0.2) is 0 Å². The first-order valence-corrected chi connectivity index (χ1v) is 4.41. The number of nitrogens with one attached hydrogen (secondary N) is 1. The van der Waals surface area contributed by atoms with Crippen LogP contribution in [0.5, 0.6) is 0 Å². The van der Waals surface area contributed by atoms with Crippen LogP contribution in [-0.4, -0.2) is 23.5 Å². The molecule has 0 fully saturated rings. The van der Waals surface area contributed by atoms with Crippen molar-refractivity contribution in [1.29, 1.82) is 0 Å². The zero-order valence-electron chi connectivity index (χ0n) is 8.06. The summed E-state index contributed by atoms with van der Waals surface area (Å²) in [7, 11) is 0. The molecule has 0 spiro atoms. The van der Waals surface area contributed by atoms with Gasteiger partial charge in [-0.05, 0) is 11.6 Å². The van der Waals surface area contributed by atoms with Gasteiger partial charge in [-0.3, -0.25) is 9.59 Å². The number of anilines is 1. The van der Waals surface area contributed by atoms with E-state index < -0.39 is 5.97 Å². The number of amides is 1. The lowest BCUT2D eigenvalue weighted by Gasteiger charge is -2.04. The summed E-state index contributed by atoms with van der Waals surface area (Å²) in [6, 6.07) is 6.97. The number of benzene rings is 1. The van der Waals surface area contributed by atoms with Gasteiger partial charge in [0, 0.05) is 5.69 Å². The zero-order valence-corrected chi connectivity index (χ0v) is 8.06. The van der Waals surface area contributed by atoms with Crippen molar-refractivity contribution in [3.63, 3.8) is 0 Å². The Morgan fingerprint density at radius 1 is 1.33 bits per heavy atom. The lowest BCUT2D eigenvalue weighted by atomic mass is 10.1. The minimum absolute atomic E-state index is 0.0972. The van der Waals surface area contributed by atoms with E-state index in [0.717, 1.165) is 0 Å². The fourth-order valence-corrected chi connectivity index (χ4v) is 1.10. The number of carbonyl (C=O) groups is 2. The SMILES string of the molecule is Nc1ccccc1CC(=O)NCC(=O)O. The third-order valence-corrected chi connectivity index (χ3v) is 1.84. The van der Waals surface area contributed by atoms with Gasteiger partial charge in [0.2, 0.25) is 5.91 Å². The van der Waals surface area contributed by atoms with E-state index in [2.05, 4.69) is 5.32 Å². The predicted molar refractivity (Wildman–Crippen MR) is 55.2 cm³/mol. The molecule has 0 atom stereocenters. The van der Waals surface area contributed by atoms with Gasteiger partial charge in [0.05, 0.1) is 6.42 Å². The van der Waals surface area contributed by atoms with Gasteiger partial charge in [-0.15, -0.1) is 0 Å². The van der Waals surface area contributed by atoms with Crippen LogP contribution >= 0.6 is 0 Å². The van der Waals surface area contributed by atoms with Gasteiger partial charge in [-0.1, -0.05) is 18.2 Å². The molecule has 1 aromatic carbocycles. The molecule has 0 aromatic heterocycles. The molecule has 1 rings (SSSR count). The van der Waals surface area contributed by atoms with Crippen LogP contribution in [0, 0.1) is 0 Å². The fourth-order valence-electron chi connectivity index (χ4n) is 1.10. The number of aliphatic carboxylic acids is 1. The highest BCUT2D eigenvalue weighted by atomic mass is 16.4. The Labute approximate surface area is 86.9 Å². The number of rotatable bonds is 4. The second kappa shape index (κ2) is 4.99. The van der Waals surface area contributed by atoms with E-state index >= 15 is 0 Å². The van der Waals surface area contributed by atoms with Crippen LogP contribution in [0.2, 0.25) is 0 Å². The molecule has 0 unspecified atom stereocenters. The van der Waals surface area contributed by atoms with E-state index in [1.807, 2.05) is 0 Å². The van der Waals surface area contributed by atoms with Crippen molar-refractivity contribution in [2.75, 3.05) is 12.3 Å². The Morgan fingerprint density at radius 3 is 2.60 bits per heavy atom. The monoisotopic (exact) mass is 208 g/mol. The molecular weight excluding hydrogens is 196 g/mol. The number of para-hydroxylation sites is 1. The maximum atomic E-state index is 11.2. The van der Waals surface area contributed by atoms with Gasteiger partial charge in [-0.2, -0.15) is 0 Å². The second-order valence-corrected chi connectivity index (χ2v) is 3.05. The average molecular weight is 208 g/mol. The molecule has 0 aliphatic rings. The number of nitrogens with two attached hydrogens (primary N) is 1. The summed E-state index contributed by atoms with van der Waals surface area (Å²) < 4.78 is 0. The summed E-state index contributed by atoms with van der Waals surface area (Å²) in [4.78, 5) is 21.4. The molecule has 0 aliphatic heterocycles. The van der Waals surface area contributed by atoms with E-state index in [9.17, 15) is 9.59 Å². The summed E-state index contributed by atoms with van der Waals surface area (Å²) in [6.07, 6.45) is 0.0972. The minimum atomic E-state index is -1.07. The van der Waals surface area contributed by atoms with Crippen molar-refractivity contribution >= 4 is 17.6 Å². The first-order chi connectivity index (χ1) is 7.09. The molecule has 80 valence electrons. The number of carboxylic acid groups (broad SMARTS) is 1. The van der Waals surface area contributed by atoms with E-state index in [1.54, 1.807) is 24.3 Å². The number of carbonyl (C=O) groups excluding carboxylic acids is 1. The Balaban J connectivity index is 2.52. The predicted octanol–water partition coefficient (Wildman–Crippen LogP) is 0.0121. The topological polar surface area (TPSA) is 92.4 Å². The molecule has 4 N–H and O–H groups in total. The van der Waals surface area contributed by atoms with Crippen molar-refractivity contribution in [2.24, 2.45) is 0 Å². The third kappa shape index (κ3) is 3.68. The van der Waals surface area contributed by atoms with Crippen LogP contribution in [0.25, 0.3) is 0 Å². The van der Waals surface area contributed by atoms with Crippen LogP contribution in [0.1, 0.15) is 5.56 Å². The Morgan fingerprint density at radius 2 is 2.00 bits per heavy atom. The van der Waals surface area contributed by atoms with Crippen LogP contribution in [0.4, 0.5) is 5.69 Å². The van der Waals surface area contributed by atoms with Crippen LogP contribution in [0.15, 0.2) is 24.3 Å². The fraction of sp³-hybridized carbons (Fsp3) is 0.200. The van der Waals surface area contributed by atoms with Crippen molar-refractivity contribution in [3.8, 4) is 0 Å². The normalized spacial score (nSPS) is 9.60. The average Bonchev–Trinajstić information content (AvgIpc) is 2.18. The first-order valence-electron chi connectivity index (χ1n) is 4.41. The summed E-state index contributed by atoms with van der Waals surface area (Å²) >= 11 is 0. The number of hydrogen-bond donors (Lipinski definition) is 3. The molecule has 0 saturated carbocycles. The largest absolute Gasteiger partial charge is 0.480 e. The molecule has 0 bridgehead atoms. The Hall–Kier alpha value is -2.04. The van der Waals surface area contributed by atoms with Crippen molar-refractivity contribution in [1.82, 2.24) is 5.32 Å². The molecule has 0 heterocycles. The molecule has 1 amide bonds. The number of nitrogen functional groups attached to an aromatic ring is 1. The van der Waals surface area contributed by atoms with Crippen LogP contribution in [-0.2, 0) is 16.0 Å². The number of carboxylic acids is 1. The highest BCUT2D eigenvalue weighted by Crippen LogP contribution is 2.10. The molecule has 0 saturated heterocycles. The van der Waals surface area contributed by atoms with Crippen molar-refractivity contribution < 1.29 is 14.7 Å². The molecule has 5 nitrogen and oxygen atoms in total. The zero-order chi connectivity index (χ0) is 11.3. The minimum Gasteiger partial charge on any atom is -0.480 e. The van der Waals surface area contributed by atoms with Gasteiger partial charge in [0.1, 0.15) is 6.54 Å². The Kier molecular flexibility index (Phi) is 3.68. The van der Waals surface area contributed by atoms with Gasteiger partial charge < -0.3 is 16.2 Å². The highest BCUT2D eigenvalue weighted by Gasteiger charge is 2.06. The molecule has 5 heteroatoms. The third-order valence-electron chi connectivity index (χ3n) is 1.84. The lowest BCUT2D eigenvalue weighted by molar-refractivity contribution is -0.137. The summed E-state index contributed by atoms with van der Waals surface area (Å²) in [5.74, 6) is -1.42. The van der Waals surface area contributed by atoms with Gasteiger partial charge >= 0.3 is 5.97 Å². The van der Waals surface area contributed by atoms with Crippen LogP contribution < -0.4 is 11.1 Å². The Bertz CT molecular complexity index is 377. The van der Waals surface area contributed by atoms with E-state index in [1.165, 1.54) is 0 Å². The summed E-state index contributed by atoms with van der Waals surface area (Å²) in [5, 5.41) is 10.6. The van der Waals surface area contributed by atoms with Crippen molar-refractivity contribution in [3.05, 3.63) is 29.8 Å². The lowest BCUT2D eigenvalue weighted by Crippen LogP contribution is -2.30. The van der Waals surface area contributed by atoms with Crippen LogP contribution in [0.3, 0.4) is 0 Å². The van der Waals surface area contributed by atoms with Gasteiger partial charge in [0.25, 0.3) is 0 Å². The second-order valence-electron chi connectivity index (χ2n) is 3.05. The quantitative estimate of drug-likeness (QED) is 0.608. The first kappa shape index (κ1) is 11.0. The maximum absolute atomic E-state index is 11.2. The summed E-state index contributed by atoms with van der Waals surface area (Å²) in [5.41, 5.74) is 6.85. The molecule has 0 aliphatic carbocycles. The molecule has 0 radical (unpaired) electrons. The van der Waals surface area contributed by atoms with Crippen molar-refractivity contribution in [2.45, 2.75) is 6.42 Å². The van der Waals surface area contributed by atoms with E-state index in [4.69, 9.17) is 10.8 Å². The van der Waals surface area contributed by atoms with E-state index in [-0.39, 0.29) is 18.9 Å². The van der Waals surface area contributed by atoms with Gasteiger partial charge in [-0.25, -0.2) is 0 Å². The van der Waals surface area contributed by atoms with E-state index in [0.29, 0.717) is 11.3 Å². The smallest absolute Gasteiger partial charge is 0.322 e. The number of hydrogen-bond acceptors (Lipinski definition) is 3. The summed E-state index contributed by atoms with van der Waals surface area (Å²) in [6.45, 7) is -0.369. The maximum Gasteiger partial charge on any atom is 0.322 e. The highest BCUT2D eigenvalue weighted by molar-refractivity contribution is 5.83. The molecule has 1 aromatic rings. The standard InChI is InChI=1S/C10H12N2O3/c11-8-4-2-1-3-7(8)5-9(13)12-6-10(14)15/h1-4H,5-6,11H2,(H,12,13)(H,14,15). The molecular formula is C10H12N2O3. The molecule has 15 heavy (non-hydrogen) atoms.